The van der Waals surface area contributed by atoms with E-state index in [1.165, 1.54) is 41.3 Å². The van der Waals surface area contributed by atoms with Crippen molar-refractivity contribution in [3.05, 3.63) is 70.7 Å². The highest BCUT2D eigenvalue weighted by Gasteiger charge is 2.33. The molecule has 0 aromatic carbocycles. The molecule has 0 spiro atoms. The Labute approximate surface area is 203 Å². The Morgan fingerprint density at radius 2 is 2.20 bits per heavy atom. The van der Waals surface area contributed by atoms with Crippen molar-refractivity contribution in [2.24, 2.45) is 0 Å². The van der Waals surface area contributed by atoms with Gasteiger partial charge in [-0.2, -0.15) is 9.61 Å². The Morgan fingerprint density at radius 1 is 1.31 bits per heavy atom. The van der Waals surface area contributed by atoms with Crippen LogP contribution in [0.4, 0.5) is 21.7 Å². The average molecular weight is 482 g/mol. The molecule has 0 radical (unpaired) electrons. The van der Waals surface area contributed by atoms with Gasteiger partial charge in [-0.1, -0.05) is 0 Å². The van der Waals surface area contributed by atoms with Gasteiger partial charge in [-0.25, -0.2) is 14.4 Å². The molecule has 0 saturated heterocycles. The molecule has 5 rings (SSSR count). The van der Waals surface area contributed by atoms with Crippen LogP contribution in [0.2, 0.25) is 0 Å². The molecule has 1 aliphatic carbocycles. The lowest BCUT2D eigenvalue weighted by molar-refractivity contribution is 0.00732. The molecule has 1 saturated carbocycles. The standard InChI is InChI=1S/C23H23FN8O3/c1-25-19-11-18(28-16-6-4-10-31(23(16)34)21-14(24)5-3-9-26-21)30-20-13(12-27-32(19)20)22(33)29-15-7-8-17(15)35-2/h3-6,9-12,15,17,25H,7-8H2,1-2H3,(H,28,30)(H,29,33)/t15-,17+/m0/s1/i2D3. The van der Waals surface area contributed by atoms with Gasteiger partial charge in [0.2, 0.25) is 0 Å². The maximum absolute atomic E-state index is 14.3. The number of rotatable bonds is 7. The smallest absolute Gasteiger partial charge is 0.280 e. The van der Waals surface area contributed by atoms with Crippen molar-refractivity contribution in [3.8, 4) is 5.82 Å². The molecule has 0 aliphatic heterocycles. The number of aromatic nitrogens is 5. The number of nitrogens with zero attached hydrogens (tertiary/aromatic N) is 5. The molecule has 0 unspecified atom stereocenters. The lowest BCUT2D eigenvalue weighted by Gasteiger charge is -2.35. The third-order valence-corrected chi connectivity index (χ3v) is 5.83. The minimum absolute atomic E-state index is 0.0982. The number of methoxy groups -OCH3 is 1. The zero-order valence-electron chi connectivity index (χ0n) is 21.5. The number of carbonyl (C=O) groups excluding carboxylic acids is 1. The zero-order chi connectivity index (χ0) is 27.0. The fraction of sp³-hybridized carbons (Fsp3) is 0.261. The van der Waals surface area contributed by atoms with Crippen LogP contribution in [0.5, 0.6) is 0 Å². The van der Waals surface area contributed by atoms with E-state index in [1.807, 2.05) is 0 Å². The van der Waals surface area contributed by atoms with Crippen molar-refractivity contribution in [1.82, 2.24) is 29.5 Å². The van der Waals surface area contributed by atoms with Gasteiger partial charge in [0.1, 0.15) is 22.9 Å². The second-order valence-electron chi connectivity index (χ2n) is 7.91. The molecule has 2 atom stereocenters. The molecule has 4 heterocycles. The molecule has 12 heteroatoms. The number of carbonyl (C=O) groups is 1. The van der Waals surface area contributed by atoms with Crippen LogP contribution >= 0.6 is 0 Å². The maximum atomic E-state index is 14.3. The highest BCUT2D eigenvalue weighted by atomic mass is 19.1. The summed E-state index contributed by atoms with van der Waals surface area (Å²) >= 11 is 0. The minimum Gasteiger partial charge on any atom is -0.379 e. The summed E-state index contributed by atoms with van der Waals surface area (Å²) in [5.41, 5.74) is -0.127. The second kappa shape index (κ2) is 9.14. The van der Waals surface area contributed by atoms with E-state index in [0.717, 1.165) is 4.57 Å². The molecule has 0 bridgehead atoms. The first-order chi connectivity index (χ1) is 18.1. The van der Waals surface area contributed by atoms with Crippen molar-refractivity contribution in [1.29, 1.82) is 0 Å². The van der Waals surface area contributed by atoms with E-state index in [-0.39, 0.29) is 28.5 Å². The number of nitrogens with one attached hydrogen (secondary N) is 3. The quantitative estimate of drug-likeness (QED) is 0.366. The van der Waals surface area contributed by atoms with Gasteiger partial charge in [0, 0.05) is 32.5 Å². The lowest BCUT2D eigenvalue weighted by Crippen LogP contribution is -2.51. The van der Waals surface area contributed by atoms with E-state index < -0.39 is 36.5 Å². The van der Waals surface area contributed by atoms with Crippen LogP contribution in [0.15, 0.2) is 53.7 Å². The molecule has 1 fully saturated rings. The van der Waals surface area contributed by atoms with Crippen LogP contribution < -0.4 is 21.5 Å². The van der Waals surface area contributed by atoms with Crippen LogP contribution in [0.25, 0.3) is 11.5 Å². The summed E-state index contributed by atoms with van der Waals surface area (Å²) < 4.78 is 43.6. The highest BCUT2D eigenvalue weighted by molar-refractivity contribution is 6.00. The van der Waals surface area contributed by atoms with Crippen LogP contribution in [0, 0.1) is 5.82 Å². The zero-order valence-corrected chi connectivity index (χ0v) is 18.5. The van der Waals surface area contributed by atoms with E-state index in [4.69, 9.17) is 8.85 Å². The average Bonchev–Trinajstić information content (AvgIpc) is 3.30. The number of hydrogen-bond acceptors (Lipinski definition) is 8. The van der Waals surface area contributed by atoms with Crippen molar-refractivity contribution >= 4 is 28.9 Å². The lowest BCUT2D eigenvalue weighted by atomic mass is 9.89. The number of pyridine rings is 2. The number of ether oxygens (including phenoxy) is 1. The molecule has 35 heavy (non-hydrogen) atoms. The molecule has 11 nitrogen and oxygen atoms in total. The van der Waals surface area contributed by atoms with Crippen molar-refractivity contribution in [3.63, 3.8) is 0 Å². The summed E-state index contributed by atoms with van der Waals surface area (Å²) in [6.45, 7) is 0. The second-order valence-corrected chi connectivity index (χ2v) is 7.91. The molecular formula is C23H23FN8O3. The monoisotopic (exact) mass is 481 g/mol. The summed E-state index contributed by atoms with van der Waals surface area (Å²) in [7, 11) is -0.898. The van der Waals surface area contributed by atoms with Crippen LogP contribution in [-0.4, -0.2) is 56.3 Å². The summed E-state index contributed by atoms with van der Waals surface area (Å²) in [6.07, 6.45) is 4.61. The van der Waals surface area contributed by atoms with Crippen LogP contribution in [0.1, 0.15) is 27.3 Å². The van der Waals surface area contributed by atoms with Gasteiger partial charge >= 0.3 is 0 Å². The highest BCUT2D eigenvalue weighted by Crippen LogP contribution is 2.25. The van der Waals surface area contributed by atoms with Gasteiger partial charge in [-0.3, -0.25) is 14.2 Å². The first-order valence-corrected chi connectivity index (χ1v) is 10.8. The van der Waals surface area contributed by atoms with Gasteiger partial charge in [-0.15, -0.1) is 0 Å². The third-order valence-electron chi connectivity index (χ3n) is 5.83. The Hall–Kier alpha value is -4.32. The molecule has 1 aliphatic rings. The largest absolute Gasteiger partial charge is 0.379 e. The van der Waals surface area contributed by atoms with Crippen LogP contribution in [0.3, 0.4) is 0 Å². The molecule has 180 valence electrons. The summed E-state index contributed by atoms with van der Waals surface area (Å²) in [5, 5.41) is 12.9. The van der Waals surface area contributed by atoms with Gasteiger partial charge in [0.25, 0.3) is 11.5 Å². The Bertz CT molecular complexity index is 1570. The molecular weight excluding hydrogens is 455 g/mol. The number of hydrogen-bond donors (Lipinski definition) is 3. The fourth-order valence-corrected chi connectivity index (χ4v) is 3.84. The minimum atomic E-state index is -2.55. The fourth-order valence-electron chi connectivity index (χ4n) is 3.84. The van der Waals surface area contributed by atoms with Gasteiger partial charge in [-0.05, 0) is 37.1 Å². The van der Waals surface area contributed by atoms with E-state index in [0.29, 0.717) is 18.7 Å². The molecule has 4 aromatic heterocycles. The summed E-state index contributed by atoms with van der Waals surface area (Å²) in [4.78, 5) is 34.6. The molecule has 1 amide bonds. The Balaban J connectivity index is 1.44. The third kappa shape index (κ3) is 4.08. The van der Waals surface area contributed by atoms with Crippen molar-refractivity contribution in [2.45, 2.75) is 25.0 Å². The number of amides is 1. The Morgan fingerprint density at radius 3 is 2.94 bits per heavy atom. The number of anilines is 3. The molecule has 4 aromatic rings. The summed E-state index contributed by atoms with van der Waals surface area (Å²) in [5.74, 6) is -0.609. The predicted molar refractivity (Wildman–Crippen MR) is 127 cm³/mol. The molecule has 3 N–H and O–H groups in total. The number of halogens is 1. The van der Waals surface area contributed by atoms with Crippen molar-refractivity contribution in [2.75, 3.05) is 24.7 Å². The van der Waals surface area contributed by atoms with Gasteiger partial charge in [0.05, 0.1) is 22.5 Å². The van der Waals surface area contributed by atoms with Crippen LogP contribution in [-0.2, 0) is 4.74 Å². The first-order valence-electron chi connectivity index (χ1n) is 12.3. The van der Waals surface area contributed by atoms with E-state index >= 15 is 0 Å². The Kier molecular flexibility index (Phi) is 4.97. The van der Waals surface area contributed by atoms with Gasteiger partial charge in [0.15, 0.2) is 17.3 Å². The normalized spacial score (nSPS) is 18.7. The van der Waals surface area contributed by atoms with Gasteiger partial charge < -0.3 is 20.7 Å². The van der Waals surface area contributed by atoms with E-state index in [1.54, 1.807) is 19.2 Å². The SMILES string of the molecule is [2H]C([2H])([2H])O[C@@H]1CC[C@@H]1NC(=O)c1cnn2c(NC)cc(Nc3cccn(-c4ncccc4F)c3=O)nc12. The van der Waals surface area contributed by atoms with Crippen molar-refractivity contribution < 1.29 is 18.0 Å². The topological polar surface area (TPSA) is 127 Å². The maximum Gasteiger partial charge on any atom is 0.280 e. The predicted octanol–water partition coefficient (Wildman–Crippen LogP) is 2.11. The van der Waals surface area contributed by atoms with E-state index in [9.17, 15) is 14.0 Å². The number of fused-ring (bicyclic) bond motifs is 1. The first kappa shape index (κ1) is 19.0. The van der Waals surface area contributed by atoms with E-state index in [2.05, 4.69) is 31.0 Å². The summed E-state index contributed by atoms with van der Waals surface area (Å²) in [6, 6.07) is 6.83.